The molecule has 1 amide bonds. The van der Waals surface area contributed by atoms with Gasteiger partial charge in [0.05, 0.1) is 18.3 Å². The van der Waals surface area contributed by atoms with Crippen molar-refractivity contribution in [2.24, 2.45) is 5.92 Å². The van der Waals surface area contributed by atoms with Crippen molar-refractivity contribution in [2.75, 3.05) is 33.4 Å². The van der Waals surface area contributed by atoms with Gasteiger partial charge in [-0.25, -0.2) is 9.78 Å². The summed E-state index contributed by atoms with van der Waals surface area (Å²) in [6.07, 6.45) is 3.34. The molecule has 0 radical (unpaired) electrons. The first kappa shape index (κ1) is 20.5. The Morgan fingerprint density at radius 3 is 2.68 bits per heavy atom. The molecule has 3 rings (SSSR count). The number of piperidine rings is 1. The lowest BCUT2D eigenvalue weighted by molar-refractivity contribution is -0.133. The van der Waals surface area contributed by atoms with Gasteiger partial charge >= 0.3 is 5.97 Å². The van der Waals surface area contributed by atoms with Crippen molar-refractivity contribution in [1.29, 1.82) is 0 Å². The molecule has 1 fully saturated rings. The second kappa shape index (κ2) is 8.83. The Morgan fingerprint density at radius 2 is 2.00 bits per heavy atom. The molecule has 0 unspecified atom stereocenters. The highest BCUT2D eigenvalue weighted by molar-refractivity contribution is 7.20. The van der Waals surface area contributed by atoms with Crippen molar-refractivity contribution in [1.82, 2.24) is 14.5 Å². The number of thiophene rings is 1. The lowest BCUT2D eigenvalue weighted by Crippen LogP contribution is -2.41. The minimum atomic E-state index is -0.498. The summed E-state index contributed by atoms with van der Waals surface area (Å²) in [5.74, 6) is 0.0459. The van der Waals surface area contributed by atoms with E-state index in [-0.39, 0.29) is 24.6 Å². The van der Waals surface area contributed by atoms with Gasteiger partial charge in [-0.05, 0) is 31.2 Å². The van der Waals surface area contributed by atoms with Crippen LogP contribution in [0, 0.1) is 12.8 Å². The van der Waals surface area contributed by atoms with Gasteiger partial charge < -0.3 is 14.4 Å². The maximum atomic E-state index is 12.9. The van der Waals surface area contributed by atoms with Gasteiger partial charge in [0, 0.05) is 20.2 Å². The molecular weight excluding hydrogens is 382 g/mol. The molecule has 0 N–H and O–H groups in total. The SMILES string of the molecule is COCCOC(=O)c1sc2ncn(CC(=O)N3CCC(C)CC3)c(=O)c2c1C. The van der Waals surface area contributed by atoms with E-state index >= 15 is 0 Å². The van der Waals surface area contributed by atoms with Crippen molar-refractivity contribution in [3.8, 4) is 0 Å². The highest BCUT2D eigenvalue weighted by Gasteiger charge is 2.23. The van der Waals surface area contributed by atoms with Gasteiger partial charge in [-0.3, -0.25) is 14.2 Å². The van der Waals surface area contributed by atoms with Gasteiger partial charge in [-0.1, -0.05) is 6.92 Å². The average molecular weight is 407 g/mol. The third-order valence-electron chi connectivity index (χ3n) is 5.07. The third kappa shape index (κ3) is 4.25. The van der Waals surface area contributed by atoms with Gasteiger partial charge in [0.25, 0.3) is 5.56 Å². The van der Waals surface area contributed by atoms with Crippen molar-refractivity contribution in [3.05, 3.63) is 27.1 Å². The van der Waals surface area contributed by atoms with Crippen molar-refractivity contribution < 1.29 is 19.1 Å². The second-order valence-electron chi connectivity index (χ2n) is 7.11. The van der Waals surface area contributed by atoms with Crippen LogP contribution in [0.4, 0.5) is 0 Å². The van der Waals surface area contributed by atoms with Crippen molar-refractivity contribution in [3.63, 3.8) is 0 Å². The summed E-state index contributed by atoms with van der Waals surface area (Å²) >= 11 is 1.12. The quantitative estimate of drug-likeness (QED) is 0.536. The van der Waals surface area contributed by atoms with Crippen LogP contribution in [0.25, 0.3) is 10.2 Å². The lowest BCUT2D eigenvalue weighted by atomic mass is 9.99. The maximum absolute atomic E-state index is 12.9. The maximum Gasteiger partial charge on any atom is 0.348 e. The van der Waals surface area contributed by atoms with Crippen LogP contribution >= 0.6 is 11.3 Å². The van der Waals surface area contributed by atoms with Gasteiger partial charge in [-0.15, -0.1) is 11.3 Å². The number of aryl methyl sites for hydroxylation is 1. The van der Waals surface area contributed by atoms with E-state index in [0.717, 1.165) is 37.3 Å². The van der Waals surface area contributed by atoms with Crippen LogP contribution in [0.2, 0.25) is 0 Å². The van der Waals surface area contributed by atoms with E-state index < -0.39 is 5.97 Å². The molecule has 8 nitrogen and oxygen atoms in total. The molecule has 2 aromatic rings. The van der Waals surface area contributed by atoms with E-state index in [0.29, 0.717) is 33.2 Å². The van der Waals surface area contributed by atoms with Crippen LogP contribution in [-0.4, -0.2) is 59.7 Å². The first-order valence-electron chi connectivity index (χ1n) is 9.34. The number of amides is 1. The predicted octanol–water partition coefficient (Wildman–Crippen LogP) is 1.83. The summed E-state index contributed by atoms with van der Waals surface area (Å²) in [6, 6.07) is 0. The Kier molecular flexibility index (Phi) is 6.46. The van der Waals surface area contributed by atoms with Gasteiger partial charge in [-0.2, -0.15) is 0 Å². The molecule has 1 aliphatic rings. The zero-order chi connectivity index (χ0) is 20.3. The largest absolute Gasteiger partial charge is 0.459 e. The smallest absolute Gasteiger partial charge is 0.348 e. The standard InChI is InChI=1S/C19H25N3O5S/c1-12-4-6-21(7-5-12)14(23)10-22-11-20-17-15(18(22)24)13(2)16(28-17)19(25)27-9-8-26-3/h11-12H,4-10H2,1-3H3. The summed E-state index contributed by atoms with van der Waals surface area (Å²) in [5.41, 5.74) is 0.224. The molecule has 28 heavy (non-hydrogen) atoms. The third-order valence-corrected chi connectivity index (χ3v) is 6.25. The van der Waals surface area contributed by atoms with Crippen molar-refractivity contribution >= 4 is 33.4 Å². The second-order valence-corrected chi connectivity index (χ2v) is 8.11. The van der Waals surface area contributed by atoms with Crippen LogP contribution in [0.1, 0.15) is 35.0 Å². The highest BCUT2D eigenvalue weighted by atomic mass is 32.1. The van der Waals surface area contributed by atoms with Gasteiger partial charge in [0.1, 0.15) is 22.9 Å². The zero-order valence-electron chi connectivity index (χ0n) is 16.4. The Morgan fingerprint density at radius 1 is 1.29 bits per heavy atom. The van der Waals surface area contributed by atoms with Crippen LogP contribution in [0.15, 0.2) is 11.1 Å². The molecule has 2 aromatic heterocycles. The van der Waals surface area contributed by atoms with E-state index in [1.54, 1.807) is 11.8 Å². The molecule has 0 atom stereocenters. The van der Waals surface area contributed by atoms with Crippen molar-refractivity contribution in [2.45, 2.75) is 33.2 Å². The molecule has 152 valence electrons. The summed E-state index contributed by atoms with van der Waals surface area (Å²) in [7, 11) is 1.52. The predicted molar refractivity (Wildman–Crippen MR) is 106 cm³/mol. The molecule has 0 aliphatic carbocycles. The van der Waals surface area contributed by atoms with Crippen LogP contribution in [0.3, 0.4) is 0 Å². The zero-order valence-corrected chi connectivity index (χ0v) is 17.2. The summed E-state index contributed by atoms with van der Waals surface area (Å²) in [6.45, 7) is 5.73. The van der Waals surface area contributed by atoms with E-state index in [4.69, 9.17) is 9.47 Å². The number of carbonyl (C=O) groups is 2. The van der Waals surface area contributed by atoms with Crippen LogP contribution in [-0.2, 0) is 20.8 Å². The molecule has 1 saturated heterocycles. The molecule has 1 aliphatic heterocycles. The monoisotopic (exact) mass is 407 g/mol. The Bertz CT molecular complexity index is 928. The van der Waals surface area contributed by atoms with E-state index in [1.807, 2.05) is 0 Å². The lowest BCUT2D eigenvalue weighted by Gasteiger charge is -2.30. The number of fused-ring (bicyclic) bond motifs is 1. The van der Waals surface area contributed by atoms with E-state index in [2.05, 4.69) is 11.9 Å². The Hall–Kier alpha value is -2.26. The number of aromatic nitrogens is 2. The number of likely N-dealkylation sites (tertiary alicyclic amines) is 1. The number of carbonyl (C=O) groups excluding carboxylic acids is 2. The fourth-order valence-corrected chi connectivity index (χ4v) is 4.29. The number of methoxy groups -OCH3 is 1. The van der Waals surface area contributed by atoms with E-state index in [9.17, 15) is 14.4 Å². The Labute approximate surface area is 167 Å². The highest BCUT2D eigenvalue weighted by Crippen LogP contribution is 2.27. The normalized spacial score (nSPS) is 15.2. The summed E-state index contributed by atoms with van der Waals surface area (Å²) in [4.78, 5) is 44.6. The molecule has 3 heterocycles. The number of esters is 1. The number of hydrogen-bond donors (Lipinski definition) is 0. The Balaban J connectivity index is 1.81. The van der Waals surface area contributed by atoms with E-state index in [1.165, 1.54) is 18.0 Å². The number of ether oxygens (including phenoxy) is 2. The molecule has 0 spiro atoms. The minimum Gasteiger partial charge on any atom is -0.459 e. The first-order chi connectivity index (χ1) is 13.4. The molecule has 0 saturated carbocycles. The summed E-state index contributed by atoms with van der Waals surface area (Å²) in [5, 5.41) is 0.367. The average Bonchev–Trinajstić information content (AvgIpc) is 3.02. The fraction of sp³-hybridized carbons (Fsp3) is 0.579. The molecule has 9 heteroatoms. The molecular formula is C19H25N3O5S. The number of rotatable bonds is 6. The van der Waals surface area contributed by atoms with Gasteiger partial charge in [0.15, 0.2) is 0 Å². The van der Waals surface area contributed by atoms with Crippen LogP contribution < -0.4 is 5.56 Å². The van der Waals surface area contributed by atoms with Gasteiger partial charge in [0.2, 0.25) is 5.91 Å². The molecule has 0 aromatic carbocycles. The fourth-order valence-electron chi connectivity index (χ4n) is 3.25. The topological polar surface area (TPSA) is 90.7 Å². The first-order valence-corrected chi connectivity index (χ1v) is 10.2. The van der Waals surface area contributed by atoms with Crippen LogP contribution in [0.5, 0.6) is 0 Å². The summed E-state index contributed by atoms with van der Waals surface area (Å²) < 4.78 is 11.3. The molecule has 0 bridgehead atoms. The number of hydrogen-bond acceptors (Lipinski definition) is 7. The number of nitrogens with zero attached hydrogens (tertiary/aromatic N) is 3. The minimum absolute atomic E-state index is 0.0426.